The first-order valence-electron chi connectivity index (χ1n) is 7.39. The van der Waals surface area contributed by atoms with Crippen LogP contribution in [0.3, 0.4) is 0 Å². The van der Waals surface area contributed by atoms with E-state index in [1.54, 1.807) is 18.3 Å². The second kappa shape index (κ2) is 6.50. The van der Waals surface area contributed by atoms with E-state index >= 15 is 0 Å². The molecule has 0 unspecified atom stereocenters. The monoisotopic (exact) mass is 321 g/mol. The molecular formula is C15H19N3O3S. The molecule has 2 amide bonds. The molecule has 0 radical (unpaired) electrons. The van der Waals surface area contributed by atoms with E-state index in [9.17, 15) is 9.59 Å². The van der Waals surface area contributed by atoms with E-state index < -0.39 is 0 Å². The van der Waals surface area contributed by atoms with Crippen molar-refractivity contribution in [2.75, 3.05) is 26.2 Å². The third kappa shape index (κ3) is 3.15. The molecule has 1 aromatic heterocycles. The van der Waals surface area contributed by atoms with E-state index in [2.05, 4.69) is 27.0 Å². The molecule has 3 rings (SSSR count). The van der Waals surface area contributed by atoms with Gasteiger partial charge in [-0.05, 0) is 30.4 Å². The number of nitrogens with one attached hydrogen (secondary N) is 2. The number of ether oxygens (including phenoxy) is 1. The molecular weight excluding hydrogens is 302 g/mol. The number of rotatable bonds is 4. The summed E-state index contributed by atoms with van der Waals surface area (Å²) in [7, 11) is 0. The number of hydrogen-bond acceptors (Lipinski definition) is 5. The maximum atomic E-state index is 12.0. The van der Waals surface area contributed by atoms with Crippen LogP contribution in [0.5, 0.6) is 0 Å². The molecule has 3 heterocycles. The highest BCUT2D eigenvalue weighted by Gasteiger charge is 2.26. The van der Waals surface area contributed by atoms with Gasteiger partial charge >= 0.3 is 12.0 Å². The molecule has 6 nitrogen and oxygen atoms in total. The lowest BCUT2D eigenvalue weighted by Crippen LogP contribution is -2.47. The third-order valence-corrected chi connectivity index (χ3v) is 4.87. The van der Waals surface area contributed by atoms with Crippen LogP contribution in [0.2, 0.25) is 0 Å². The fourth-order valence-corrected chi connectivity index (χ4v) is 3.64. The Labute approximate surface area is 133 Å². The summed E-state index contributed by atoms with van der Waals surface area (Å²) in [6.07, 6.45) is 1.02. The second-order valence-electron chi connectivity index (χ2n) is 5.31. The maximum Gasteiger partial charge on any atom is 0.337 e. The Kier molecular flexibility index (Phi) is 4.44. The van der Waals surface area contributed by atoms with Gasteiger partial charge in [-0.2, -0.15) is 0 Å². The molecule has 0 spiro atoms. The lowest BCUT2D eigenvalue weighted by Gasteiger charge is -2.30. The summed E-state index contributed by atoms with van der Waals surface area (Å²) >= 11 is 1.79. The molecule has 22 heavy (non-hydrogen) atoms. The minimum absolute atomic E-state index is 0.220. The highest BCUT2D eigenvalue weighted by molar-refractivity contribution is 7.10. The fraction of sp³-hybridized carbons (Fsp3) is 0.467. The number of carbonyl (C=O) groups excluding carboxylic acids is 2. The summed E-state index contributed by atoms with van der Waals surface area (Å²) in [5.74, 6) is -0.363. The van der Waals surface area contributed by atoms with Gasteiger partial charge in [-0.1, -0.05) is 0 Å². The summed E-state index contributed by atoms with van der Waals surface area (Å²) in [6, 6.07) is 1.88. The minimum atomic E-state index is -0.363. The van der Waals surface area contributed by atoms with E-state index in [0.29, 0.717) is 24.4 Å². The number of fused-ring (bicyclic) bond motifs is 1. The van der Waals surface area contributed by atoms with Gasteiger partial charge in [-0.3, -0.25) is 4.90 Å². The van der Waals surface area contributed by atoms with Crippen molar-refractivity contribution >= 4 is 23.3 Å². The van der Waals surface area contributed by atoms with Crippen LogP contribution in [0.15, 0.2) is 22.7 Å². The van der Waals surface area contributed by atoms with E-state index in [-0.39, 0.29) is 18.5 Å². The predicted molar refractivity (Wildman–Crippen MR) is 83.5 cm³/mol. The number of nitrogens with zero attached hydrogens (tertiary/aromatic N) is 1. The first-order valence-corrected chi connectivity index (χ1v) is 8.27. The van der Waals surface area contributed by atoms with E-state index in [4.69, 9.17) is 4.74 Å². The van der Waals surface area contributed by atoms with Crippen LogP contribution in [0.25, 0.3) is 0 Å². The summed E-state index contributed by atoms with van der Waals surface area (Å²) in [6.45, 7) is 4.65. The van der Waals surface area contributed by atoms with Crippen LogP contribution in [0.1, 0.15) is 17.4 Å². The van der Waals surface area contributed by atoms with Crippen LogP contribution in [0, 0.1) is 0 Å². The lowest BCUT2D eigenvalue weighted by atomic mass is 10.1. The van der Waals surface area contributed by atoms with Gasteiger partial charge in [0.05, 0.1) is 18.7 Å². The Morgan fingerprint density at radius 3 is 3.18 bits per heavy atom. The largest absolute Gasteiger partial charge is 0.463 e. The molecule has 0 saturated carbocycles. The van der Waals surface area contributed by atoms with E-state index in [1.807, 2.05) is 0 Å². The average molecular weight is 321 g/mol. The standard InChI is InChI=1S/C15H19N3O3S/c1-2-21-14(19)11-7-16-15(20)17-12(11)9-18-5-3-13-10(8-18)4-6-22-13/h4,6H,2-3,5,7-9H2,1H3,(H2,16,17,20). The zero-order chi connectivity index (χ0) is 15.5. The van der Waals surface area contributed by atoms with Gasteiger partial charge in [0.2, 0.25) is 0 Å². The molecule has 2 aliphatic heterocycles. The molecule has 0 aliphatic carbocycles. The summed E-state index contributed by atoms with van der Waals surface area (Å²) in [5, 5.41) is 7.50. The average Bonchev–Trinajstić information content (AvgIpc) is 2.95. The Hall–Kier alpha value is -1.86. The topological polar surface area (TPSA) is 70.7 Å². The number of amides is 2. The van der Waals surface area contributed by atoms with Gasteiger partial charge < -0.3 is 15.4 Å². The van der Waals surface area contributed by atoms with Crippen molar-refractivity contribution in [2.45, 2.75) is 19.9 Å². The molecule has 0 fully saturated rings. The second-order valence-corrected chi connectivity index (χ2v) is 6.32. The van der Waals surface area contributed by atoms with Crippen LogP contribution < -0.4 is 10.6 Å². The molecule has 0 aromatic carbocycles. The highest BCUT2D eigenvalue weighted by atomic mass is 32.1. The Balaban J connectivity index is 1.75. The minimum Gasteiger partial charge on any atom is -0.463 e. The van der Waals surface area contributed by atoms with Crippen LogP contribution in [-0.4, -0.2) is 43.1 Å². The van der Waals surface area contributed by atoms with Crippen molar-refractivity contribution in [3.05, 3.63) is 33.2 Å². The quantitative estimate of drug-likeness (QED) is 0.819. The van der Waals surface area contributed by atoms with Gasteiger partial charge in [-0.15, -0.1) is 11.3 Å². The molecule has 0 saturated heterocycles. The molecule has 0 bridgehead atoms. The summed E-state index contributed by atoms with van der Waals surface area (Å²) in [5.41, 5.74) is 2.51. The SMILES string of the molecule is CCOC(=O)C1=C(CN2CCc3sccc3C2)NC(=O)NC1. The fourth-order valence-electron chi connectivity index (χ4n) is 2.75. The van der Waals surface area contributed by atoms with Gasteiger partial charge in [0, 0.05) is 30.2 Å². The normalized spacial score (nSPS) is 18.5. The first-order chi connectivity index (χ1) is 10.7. The van der Waals surface area contributed by atoms with Gasteiger partial charge in [0.15, 0.2) is 0 Å². The molecule has 2 N–H and O–H groups in total. The molecule has 2 aliphatic rings. The smallest absolute Gasteiger partial charge is 0.337 e. The highest BCUT2D eigenvalue weighted by Crippen LogP contribution is 2.24. The van der Waals surface area contributed by atoms with Crippen LogP contribution in [0.4, 0.5) is 4.79 Å². The number of urea groups is 1. The van der Waals surface area contributed by atoms with E-state index in [0.717, 1.165) is 19.5 Å². The Morgan fingerprint density at radius 1 is 1.50 bits per heavy atom. The maximum absolute atomic E-state index is 12.0. The molecule has 1 aromatic rings. The number of hydrogen-bond donors (Lipinski definition) is 2. The van der Waals surface area contributed by atoms with Crippen molar-refractivity contribution in [1.82, 2.24) is 15.5 Å². The lowest BCUT2D eigenvalue weighted by molar-refractivity contribution is -0.138. The van der Waals surface area contributed by atoms with E-state index in [1.165, 1.54) is 10.4 Å². The molecule has 7 heteroatoms. The number of esters is 1. The van der Waals surface area contributed by atoms with Gasteiger partial charge in [0.25, 0.3) is 0 Å². The Morgan fingerprint density at radius 2 is 2.36 bits per heavy atom. The molecule has 0 atom stereocenters. The summed E-state index contributed by atoms with van der Waals surface area (Å²) < 4.78 is 5.07. The van der Waals surface area contributed by atoms with Crippen LogP contribution in [-0.2, 0) is 22.5 Å². The zero-order valence-corrected chi connectivity index (χ0v) is 13.3. The summed E-state index contributed by atoms with van der Waals surface area (Å²) in [4.78, 5) is 27.3. The van der Waals surface area contributed by atoms with Crippen molar-refractivity contribution in [3.63, 3.8) is 0 Å². The number of thiophene rings is 1. The van der Waals surface area contributed by atoms with Crippen molar-refractivity contribution in [2.24, 2.45) is 0 Å². The van der Waals surface area contributed by atoms with Gasteiger partial charge in [0.1, 0.15) is 0 Å². The van der Waals surface area contributed by atoms with Crippen molar-refractivity contribution < 1.29 is 14.3 Å². The zero-order valence-electron chi connectivity index (χ0n) is 12.5. The number of carbonyl (C=O) groups is 2. The third-order valence-electron chi connectivity index (χ3n) is 3.84. The van der Waals surface area contributed by atoms with Crippen LogP contribution >= 0.6 is 11.3 Å². The van der Waals surface area contributed by atoms with Crippen molar-refractivity contribution in [3.8, 4) is 0 Å². The molecule has 118 valence electrons. The van der Waals surface area contributed by atoms with Crippen molar-refractivity contribution in [1.29, 1.82) is 0 Å². The first kappa shape index (κ1) is 15.1. The van der Waals surface area contributed by atoms with Gasteiger partial charge in [-0.25, -0.2) is 9.59 Å². The predicted octanol–water partition coefficient (Wildman–Crippen LogP) is 1.24. The Bertz CT molecular complexity index is 623.